The summed E-state index contributed by atoms with van der Waals surface area (Å²) < 4.78 is 12.3. The molecule has 2 aromatic rings. The molecule has 0 radical (unpaired) electrons. The number of nitrogens with zero attached hydrogens (tertiary/aromatic N) is 3. The van der Waals surface area contributed by atoms with Gasteiger partial charge in [0.1, 0.15) is 0 Å². The van der Waals surface area contributed by atoms with Crippen LogP contribution in [-0.2, 0) is 13.0 Å². The second-order valence-electron chi connectivity index (χ2n) is 4.26. The molecule has 2 N–H and O–H groups in total. The summed E-state index contributed by atoms with van der Waals surface area (Å²) in [6.45, 7) is 1.35. The minimum Gasteiger partial charge on any atom is -0.454 e. The van der Waals surface area contributed by atoms with Crippen molar-refractivity contribution in [1.29, 1.82) is 0 Å². The number of ether oxygens (including phenoxy) is 2. The maximum atomic E-state index is 6.13. The van der Waals surface area contributed by atoms with Gasteiger partial charge in [0.2, 0.25) is 6.79 Å². The molecule has 0 aliphatic carbocycles. The van der Waals surface area contributed by atoms with Crippen molar-refractivity contribution in [2.45, 2.75) is 13.0 Å². The Bertz CT molecular complexity index is 599. The first kappa shape index (κ1) is 12.3. The van der Waals surface area contributed by atoms with Crippen LogP contribution in [0.15, 0.2) is 18.3 Å². The van der Waals surface area contributed by atoms with E-state index >= 15 is 0 Å². The van der Waals surface area contributed by atoms with E-state index in [-0.39, 0.29) is 6.79 Å². The minimum atomic E-state index is 0.211. The third-order valence-electron chi connectivity index (χ3n) is 2.82. The Hall–Kier alpha value is -1.79. The molecule has 0 spiro atoms. The van der Waals surface area contributed by atoms with Crippen molar-refractivity contribution in [3.63, 3.8) is 0 Å². The molecule has 1 aliphatic rings. The lowest BCUT2D eigenvalue weighted by Gasteiger charge is -2.04. The number of halogens is 1. The lowest BCUT2D eigenvalue weighted by atomic mass is 10.2. The topological polar surface area (TPSA) is 75.2 Å². The number of rotatable bonds is 4. The summed E-state index contributed by atoms with van der Waals surface area (Å²) in [5.74, 6) is 1.28. The highest BCUT2D eigenvalue weighted by atomic mass is 35.5. The van der Waals surface area contributed by atoms with Crippen LogP contribution in [0, 0.1) is 0 Å². The van der Waals surface area contributed by atoms with Gasteiger partial charge in [0.25, 0.3) is 0 Å². The van der Waals surface area contributed by atoms with E-state index in [0.29, 0.717) is 29.6 Å². The maximum absolute atomic E-state index is 6.13. The molecule has 0 saturated heterocycles. The van der Waals surface area contributed by atoms with E-state index in [1.165, 1.54) is 0 Å². The molecular formula is C12H13ClN4O2. The molecule has 3 rings (SSSR count). The summed E-state index contributed by atoms with van der Waals surface area (Å²) in [4.78, 5) is 0. The van der Waals surface area contributed by atoms with Crippen molar-refractivity contribution in [3.8, 4) is 11.5 Å². The van der Waals surface area contributed by atoms with E-state index in [0.717, 1.165) is 17.7 Å². The molecule has 0 bridgehead atoms. The number of benzene rings is 1. The van der Waals surface area contributed by atoms with Crippen LogP contribution in [0.4, 0.5) is 0 Å². The summed E-state index contributed by atoms with van der Waals surface area (Å²) in [7, 11) is 0. The monoisotopic (exact) mass is 280 g/mol. The normalized spacial score (nSPS) is 12.9. The molecule has 0 fully saturated rings. The highest BCUT2D eigenvalue weighted by Crippen LogP contribution is 2.39. The van der Waals surface area contributed by atoms with Crippen LogP contribution in [0.2, 0.25) is 5.02 Å². The van der Waals surface area contributed by atoms with Crippen LogP contribution in [0.5, 0.6) is 11.5 Å². The Balaban J connectivity index is 1.81. The van der Waals surface area contributed by atoms with Crippen LogP contribution in [-0.4, -0.2) is 28.3 Å². The second kappa shape index (κ2) is 5.07. The van der Waals surface area contributed by atoms with E-state index in [1.807, 2.05) is 18.3 Å². The van der Waals surface area contributed by atoms with Gasteiger partial charge in [-0.1, -0.05) is 16.8 Å². The van der Waals surface area contributed by atoms with Crippen molar-refractivity contribution >= 4 is 11.6 Å². The number of aromatic nitrogens is 3. The Morgan fingerprint density at radius 3 is 3.11 bits per heavy atom. The predicted octanol–water partition coefficient (Wildman–Crippen LogP) is 1.21. The van der Waals surface area contributed by atoms with E-state index in [4.69, 9.17) is 26.8 Å². The largest absolute Gasteiger partial charge is 0.454 e. The quantitative estimate of drug-likeness (QED) is 0.911. The number of fused-ring (bicyclic) bond motifs is 1. The molecule has 2 heterocycles. The molecule has 1 aliphatic heterocycles. The fourth-order valence-electron chi connectivity index (χ4n) is 1.98. The third-order valence-corrected chi connectivity index (χ3v) is 3.10. The SMILES string of the molecule is NCCc1cn(Cc2cc(Cl)c3c(c2)OCO3)nn1. The average molecular weight is 281 g/mol. The summed E-state index contributed by atoms with van der Waals surface area (Å²) in [5, 5.41) is 8.64. The van der Waals surface area contributed by atoms with Gasteiger partial charge in [0.15, 0.2) is 11.5 Å². The highest BCUT2D eigenvalue weighted by Gasteiger charge is 2.18. The lowest BCUT2D eigenvalue weighted by Crippen LogP contribution is -2.03. The van der Waals surface area contributed by atoms with Gasteiger partial charge in [-0.2, -0.15) is 0 Å². The van der Waals surface area contributed by atoms with Crippen LogP contribution in [0.25, 0.3) is 0 Å². The van der Waals surface area contributed by atoms with Crippen molar-refractivity contribution in [3.05, 3.63) is 34.6 Å². The molecule has 1 aromatic heterocycles. The Morgan fingerprint density at radius 1 is 1.37 bits per heavy atom. The van der Waals surface area contributed by atoms with Gasteiger partial charge in [-0.3, -0.25) is 0 Å². The molecule has 0 atom stereocenters. The zero-order valence-corrected chi connectivity index (χ0v) is 10.9. The van der Waals surface area contributed by atoms with Crippen LogP contribution >= 0.6 is 11.6 Å². The maximum Gasteiger partial charge on any atom is 0.231 e. The number of nitrogens with two attached hydrogens (primary N) is 1. The zero-order valence-electron chi connectivity index (χ0n) is 10.2. The minimum absolute atomic E-state index is 0.211. The van der Waals surface area contributed by atoms with Crippen molar-refractivity contribution in [2.24, 2.45) is 5.73 Å². The van der Waals surface area contributed by atoms with Gasteiger partial charge in [0, 0.05) is 12.6 Å². The Labute approximate surface area is 115 Å². The molecule has 6 nitrogen and oxygen atoms in total. The third kappa shape index (κ3) is 2.50. The molecule has 19 heavy (non-hydrogen) atoms. The van der Waals surface area contributed by atoms with E-state index in [9.17, 15) is 0 Å². The Kier molecular flexibility index (Phi) is 3.27. The fourth-order valence-corrected chi connectivity index (χ4v) is 2.27. The molecule has 0 amide bonds. The predicted molar refractivity (Wildman–Crippen MR) is 69.5 cm³/mol. The van der Waals surface area contributed by atoms with Gasteiger partial charge in [-0.25, -0.2) is 4.68 Å². The van der Waals surface area contributed by atoms with Crippen molar-refractivity contribution < 1.29 is 9.47 Å². The van der Waals surface area contributed by atoms with Gasteiger partial charge in [-0.05, 0) is 24.2 Å². The fraction of sp³-hybridized carbons (Fsp3) is 0.333. The van der Waals surface area contributed by atoms with Crippen LogP contribution < -0.4 is 15.2 Å². The molecule has 1 aromatic carbocycles. The van der Waals surface area contributed by atoms with Gasteiger partial charge in [0.05, 0.1) is 17.3 Å². The number of hydrogen-bond acceptors (Lipinski definition) is 5. The average Bonchev–Trinajstić information content (AvgIpc) is 2.99. The molecule has 0 saturated carbocycles. The first-order valence-electron chi connectivity index (χ1n) is 5.93. The molecular weight excluding hydrogens is 268 g/mol. The van der Waals surface area contributed by atoms with Crippen molar-refractivity contribution in [2.75, 3.05) is 13.3 Å². The van der Waals surface area contributed by atoms with Crippen LogP contribution in [0.3, 0.4) is 0 Å². The van der Waals surface area contributed by atoms with Crippen molar-refractivity contribution in [1.82, 2.24) is 15.0 Å². The Morgan fingerprint density at radius 2 is 2.26 bits per heavy atom. The van der Waals surface area contributed by atoms with E-state index in [2.05, 4.69) is 10.3 Å². The smallest absolute Gasteiger partial charge is 0.231 e. The zero-order chi connectivity index (χ0) is 13.2. The van der Waals surface area contributed by atoms with Crippen LogP contribution in [0.1, 0.15) is 11.3 Å². The van der Waals surface area contributed by atoms with Gasteiger partial charge >= 0.3 is 0 Å². The molecule has 7 heteroatoms. The standard InChI is InChI=1S/C12H13ClN4O2/c13-10-3-8(4-11-12(10)19-7-18-11)5-17-6-9(1-2-14)15-16-17/h3-4,6H,1-2,5,7,14H2. The highest BCUT2D eigenvalue weighted by molar-refractivity contribution is 6.32. The molecule has 100 valence electrons. The molecule has 0 unspecified atom stereocenters. The summed E-state index contributed by atoms with van der Waals surface area (Å²) in [6, 6.07) is 3.75. The summed E-state index contributed by atoms with van der Waals surface area (Å²) in [6.07, 6.45) is 2.60. The first-order chi connectivity index (χ1) is 9.26. The lowest BCUT2D eigenvalue weighted by molar-refractivity contribution is 0.174. The number of hydrogen-bond donors (Lipinski definition) is 1. The van der Waals surface area contributed by atoms with E-state index in [1.54, 1.807) is 4.68 Å². The van der Waals surface area contributed by atoms with Gasteiger partial charge < -0.3 is 15.2 Å². The second-order valence-corrected chi connectivity index (χ2v) is 4.66. The first-order valence-corrected chi connectivity index (χ1v) is 6.31. The summed E-state index contributed by atoms with van der Waals surface area (Å²) >= 11 is 6.13. The van der Waals surface area contributed by atoms with Gasteiger partial charge in [-0.15, -0.1) is 5.10 Å². The van der Waals surface area contributed by atoms with E-state index < -0.39 is 0 Å². The summed E-state index contributed by atoms with van der Waals surface area (Å²) in [5.41, 5.74) is 7.35.